The Hall–Kier alpha value is -3.29. The minimum atomic E-state index is -0.241. The first kappa shape index (κ1) is 21.6. The van der Waals surface area contributed by atoms with Gasteiger partial charge in [0.05, 0.1) is 5.69 Å². The number of carbonyl (C=O) groups excluding carboxylic acids is 1. The second-order valence-electron chi connectivity index (χ2n) is 8.59. The van der Waals surface area contributed by atoms with Crippen LogP contribution in [0, 0.1) is 0 Å². The number of ketones is 1. The van der Waals surface area contributed by atoms with Crippen LogP contribution < -0.4 is 10.1 Å². The number of hydrogen-bond acceptors (Lipinski definition) is 6. The first-order chi connectivity index (χ1) is 15.9. The fraction of sp³-hybridized carbons (Fsp3) is 0.280. The Bertz CT molecular complexity index is 1370. The third-order valence-electron chi connectivity index (χ3n) is 6.01. The SMILES string of the molecule is CN(C)CCOc1ccc2[nH]c(C(=O)c3ccc4c5c(cc(O)c4n3)NCC5CCl)cc2c1. The summed E-state index contributed by atoms with van der Waals surface area (Å²) in [7, 11) is 4.00. The van der Waals surface area contributed by atoms with E-state index in [1.54, 1.807) is 18.2 Å². The summed E-state index contributed by atoms with van der Waals surface area (Å²) in [5.41, 5.74) is 3.85. The highest BCUT2D eigenvalue weighted by Gasteiger charge is 2.26. The minimum Gasteiger partial charge on any atom is -0.506 e. The molecular formula is C25H25ClN4O3. The number of phenolic OH excluding ortho intramolecular Hbond substituents is 1. The van der Waals surface area contributed by atoms with Crippen molar-refractivity contribution in [1.82, 2.24) is 14.9 Å². The van der Waals surface area contributed by atoms with Gasteiger partial charge in [-0.3, -0.25) is 4.79 Å². The summed E-state index contributed by atoms with van der Waals surface area (Å²) in [6, 6.07) is 12.7. The molecule has 1 aliphatic heterocycles. The molecule has 0 saturated carbocycles. The van der Waals surface area contributed by atoms with Crippen LogP contribution in [-0.2, 0) is 0 Å². The predicted molar refractivity (Wildman–Crippen MR) is 131 cm³/mol. The van der Waals surface area contributed by atoms with Gasteiger partial charge in [-0.15, -0.1) is 11.6 Å². The standard InChI is InChI=1S/C25H25ClN4O3/c1-30(2)7-8-33-16-3-5-18-14(9-16)10-21(28-18)25(32)19-6-4-17-23-15(12-26)13-27-20(23)11-22(31)24(17)29-19/h3-6,9-11,15,27-28,31H,7-8,12-13H2,1-2H3. The summed E-state index contributed by atoms with van der Waals surface area (Å²) >= 11 is 6.14. The Morgan fingerprint density at radius 2 is 2.09 bits per heavy atom. The van der Waals surface area contributed by atoms with Gasteiger partial charge in [0.2, 0.25) is 5.78 Å². The molecule has 5 rings (SSSR count). The number of carbonyl (C=O) groups is 1. The Morgan fingerprint density at radius 1 is 1.24 bits per heavy atom. The number of nitrogens with one attached hydrogen (secondary N) is 2. The zero-order valence-electron chi connectivity index (χ0n) is 18.5. The molecule has 0 spiro atoms. The molecule has 0 aliphatic carbocycles. The van der Waals surface area contributed by atoms with Crippen molar-refractivity contribution in [1.29, 1.82) is 0 Å². The van der Waals surface area contributed by atoms with Crippen LogP contribution in [0.4, 0.5) is 5.69 Å². The molecular weight excluding hydrogens is 440 g/mol. The lowest BCUT2D eigenvalue weighted by molar-refractivity contribution is 0.103. The van der Waals surface area contributed by atoms with Crippen LogP contribution in [0.25, 0.3) is 21.8 Å². The third kappa shape index (κ3) is 3.98. The molecule has 2 aromatic heterocycles. The second-order valence-corrected chi connectivity index (χ2v) is 8.90. The van der Waals surface area contributed by atoms with Gasteiger partial charge in [-0.25, -0.2) is 4.98 Å². The number of phenols is 1. The quantitative estimate of drug-likeness (QED) is 0.278. The van der Waals surface area contributed by atoms with Gasteiger partial charge in [0.25, 0.3) is 0 Å². The third-order valence-corrected chi connectivity index (χ3v) is 6.38. The van der Waals surface area contributed by atoms with Crippen LogP contribution in [0.15, 0.2) is 42.5 Å². The number of likely N-dealkylation sites (N-methyl/N-ethyl adjacent to an activating group) is 1. The van der Waals surface area contributed by atoms with Crippen LogP contribution in [0.2, 0.25) is 0 Å². The first-order valence-corrected chi connectivity index (χ1v) is 11.4. The number of ether oxygens (including phenoxy) is 1. The molecule has 0 saturated heterocycles. The molecule has 1 aliphatic rings. The number of benzene rings is 2. The van der Waals surface area contributed by atoms with Crippen molar-refractivity contribution in [2.24, 2.45) is 0 Å². The van der Waals surface area contributed by atoms with Gasteiger partial charge >= 0.3 is 0 Å². The summed E-state index contributed by atoms with van der Waals surface area (Å²) in [4.78, 5) is 23.0. The smallest absolute Gasteiger partial charge is 0.227 e. The number of aromatic hydroxyl groups is 1. The van der Waals surface area contributed by atoms with Gasteiger partial charge in [-0.1, -0.05) is 6.07 Å². The van der Waals surface area contributed by atoms with E-state index in [0.29, 0.717) is 30.2 Å². The summed E-state index contributed by atoms with van der Waals surface area (Å²) < 4.78 is 5.80. The molecule has 3 N–H and O–H groups in total. The largest absolute Gasteiger partial charge is 0.506 e. The van der Waals surface area contributed by atoms with Crippen molar-refractivity contribution in [3.05, 3.63) is 59.4 Å². The van der Waals surface area contributed by atoms with E-state index in [-0.39, 0.29) is 23.1 Å². The topological polar surface area (TPSA) is 90.5 Å². The maximum atomic E-state index is 13.2. The van der Waals surface area contributed by atoms with Crippen LogP contribution in [0.1, 0.15) is 27.7 Å². The summed E-state index contributed by atoms with van der Waals surface area (Å²) in [5, 5.41) is 15.5. The zero-order chi connectivity index (χ0) is 23.1. The first-order valence-electron chi connectivity index (χ1n) is 10.9. The van der Waals surface area contributed by atoms with Crippen molar-refractivity contribution in [2.75, 3.05) is 45.0 Å². The number of anilines is 1. The highest BCUT2D eigenvalue weighted by Crippen LogP contribution is 2.41. The average Bonchev–Trinajstić information content (AvgIpc) is 3.41. The maximum absolute atomic E-state index is 13.2. The summed E-state index contributed by atoms with van der Waals surface area (Å²) in [6.45, 7) is 2.12. The summed E-state index contributed by atoms with van der Waals surface area (Å²) in [5.74, 6) is 1.16. The number of nitrogens with zero attached hydrogens (tertiary/aromatic N) is 2. The number of pyridine rings is 1. The molecule has 1 unspecified atom stereocenters. The van der Waals surface area contributed by atoms with Crippen molar-refractivity contribution in [2.45, 2.75) is 5.92 Å². The monoisotopic (exact) mass is 464 g/mol. The van der Waals surface area contributed by atoms with Gasteiger partial charge in [-0.2, -0.15) is 0 Å². The number of H-pyrrole nitrogens is 1. The number of fused-ring (bicyclic) bond motifs is 4. The minimum absolute atomic E-state index is 0.0392. The molecule has 170 valence electrons. The highest BCUT2D eigenvalue weighted by atomic mass is 35.5. The molecule has 2 aromatic carbocycles. The molecule has 3 heterocycles. The Balaban J connectivity index is 1.46. The number of hydrogen-bond donors (Lipinski definition) is 3. The molecule has 0 radical (unpaired) electrons. The fourth-order valence-corrected chi connectivity index (χ4v) is 4.55. The highest BCUT2D eigenvalue weighted by molar-refractivity contribution is 6.18. The van der Waals surface area contributed by atoms with Crippen molar-refractivity contribution in [3.63, 3.8) is 0 Å². The Kier molecular flexibility index (Phi) is 5.60. The van der Waals surface area contributed by atoms with E-state index in [2.05, 4.69) is 20.2 Å². The lowest BCUT2D eigenvalue weighted by Gasteiger charge is -2.11. The van der Waals surface area contributed by atoms with Gasteiger partial charge < -0.3 is 25.0 Å². The molecule has 8 heteroatoms. The van der Waals surface area contributed by atoms with Gasteiger partial charge in [0.1, 0.15) is 29.3 Å². The van der Waals surface area contributed by atoms with Crippen molar-refractivity contribution >= 4 is 44.9 Å². The van der Waals surface area contributed by atoms with Crippen molar-refractivity contribution in [3.8, 4) is 11.5 Å². The van der Waals surface area contributed by atoms with E-state index in [0.717, 1.165) is 39.8 Å². The van der Waals surface area contributed by atoms with Crippen LogP contribution >= 0.6 is 11.6 Å². The predicted octanol–water partition coefficient (Wildman–Crippen LogP) is 4.34. The van der Waals surface area contributed by atoms with Crippen molar-refractivity contribution < 1.29 is 14.6 Å². The second kappa shape index (κ2) is 8.57. The lowest BCUT2D eigenvalue weighted by Crippen LogP contribution is -2.19. The van der Waals surface area contributed by atoms with Crippen LogP contribution in [0.3, 0.4) is 0 Å². The lowest BCUT2D eigenvalue weighted by atomic mass is 9.97. The van der Waals surface area contributed by atoms with E-state index in [9.17, 15) is 9.90 Å². The fourth-order valence-electron chi connectivity index (χ4n) is 4.29. The summed E-state index contributed by atoms with van der Waals surface area (Å²) in [6.07, 6.45) is 0. The van der Waals surface area contributed by atoms with E-state index >= 15 is 0 Å². The van der Waals surface area contributed by atoms with E-state index in [1.807, 2.05) is 38.4 Å². The van der Waals surface area contributed by atoms with E-state index < -0.39 is 0 Å². The Labute approximate surface area is 196 Å². The molecule has 0 amide bonds. The number of aromatic amines is 1. The molecule has 7 nitrogen and oxygen atoms in total. The van der Waals surface area contributed by atoms with Crippen LogP contribution in [-0.4, -0.2) is 65.4 Å². The van der Waals surface area contributed by atoms with Gasteiger partial charge in [-0.05, 0) is 50.0 Å². The number of halogens is 1. The number of alkyl halides is 1. The molecule has 1 atom stereocenters. The average molecular weight is 465 g/mol. The number of aromatic nitrogens is 2. The molecule has 0 fully saturated rings. The van der Waals surface area contributed by atoms with Crippen LogP contribution in [0.5, 0.6) is 11.5 Å². The van der Waals surface area contributed by atoms with E-state index in [1.165, 1.54) is 0 Å². The number of rotatable bonds is 7. The molecule has 33 heavy (non-hydrogen) atoms. The maximum Gasteiger partial charge on any atom is 0.227 e. The van der Waals surface area contributed by atoms with Gasteiger partial charge in [0, 0.05) is 52.9 Å². The Morgan fingerprint density at radius 3 is 2.88 bits per heavy atom. The van der Waals surface area contributed by atoms with E-state index in [4.69, 9.17) is 16.3 Å². The van der Waals surface area contributed by atoms with Gasteiger partial charge in [0.15, 0.2) is 0 Å². The molecule has 0 bridgehead atoms. The zero-order valence-corrected chi connectivity index (χ0v) is 19.2. The molecule has 4 aromatic rings. The normalized spacial score (nSPS) is 15.2.